The molecule has 1 amide bonds. The number of benzene rings is 1. The summed E-state index contributed by atoms with van der Waals surface area (Å²) < 4.78 is 1.47. The van der Waals surface area contributed by atoms with Gasteiger partial charge in [-0.3, -0.25) is 9.48 Å². The van der Waals surface area contributed by atoms with Crippen LogP contribution in [0.3, 0.4) is 0 Å². The Bertz CT molecular complexity index is 654. The third-order valence-electron chi connectivity index (χ3n) is 2.70. The van der Waals surface area contributed by atoms with Crippen molar-refractivity contribution < 1.29 is 14.7 Å². The highest BCUT2D eigenvalue weighted by atomic mass is 35.5. The van der Waals surface area contributed by atoms with Crippen LogP contribution in [0.1, 0.15) is 22.0 Å². The molecule has 0 saturated carbocycles. The summed E-state index contributed by atoms with van der Waals surface area (Å²) in [6.45, 7) is 0. The maximum Gasteiger partial charge on any atom is 0.331 e. The molecule has 0 radical (unpaired) electrons. The molecule has 0 saturated heterocycles. The molecule has 104 valence electrons. The highest BCUT2D eigenvalue weighted by Gasteiger charge is 2.24. The van der Waals surface area contributed by atoms with Gasteiger partial charge in [0.05, 0.1) is 16.8 Å². The van der Waals surface area contributed by atoms with Crippen molar-refractivity contribution >= 4 is 23.5 Å². The van der Waals surface area contributed by atoms with Crippen molar-refractivity contribution in [3.63, 3.8) is 0 Å². The summed E-state index contributed by atoms with van der Waals surface area (Å²) in [7, 11) is 1.66. The molecule has 1 unspecified atom stereocenters. The summed E-state index contributed by atoms with van der Waals surface area (Å²) in [6.07, 6.45) is 2.93. The first-order valence-electron chi connectivity index (χ1n) is 5.76. The zero-order valence-corrected chi connectivity index (χ0v) is 11.3. The van der Waals surface area contributed by atoms with Crippen molar-refractivity contribution in [2.75, 3.05) is 0 Å². The first kappa shape index (κ1) is 14.1. The Morgan fingerprint density at radius 2 is 2.10 bits per heavy atom. The van der Waals surface area contributed by atoms with E-state index in [9.17, 15) is 14.7 Å². The Balaban J connectivity index is 2.23. The van der Waals surface area contributed by atoms with Gasteiger partial charge in [0.15, 0.2) is 6.04 Å². The Hall–Kier alpha value is -2.34. The minimum Gasteiger partial charge on any atom is -0.479 e. The molecule has 6 nitrogen and oxygen atoms in total. The maximum atomic E-state index is 12.1. The van der Waals surface area contributed by atoms with Gasteiger partial charge in [0, 0.05) is 18.8 Å². The molecule has 2 N–H and O–H groups in total. The number of hydrogen-bond donors (Lipinski definition) is 2. The number of aliphatic carboxylic acids is 1. The van der Waals surface area contributed by atoms with Crippen molar-refractivity contribution in [1.29, 1.82) is 0 Å². The lowest BCUT2D eigenvalue weighted by Crippen LogP contribution is -2.33. The number of nitrogens with one attached hydrogen (secondary N) is 1. The standard InChI is InChI=1S/C13H12ClN3O3/c1-17-7-8(6-15-17)11(13(19)20)16-12(18)9-4-2-3-5-10(9)14/h2-7,11H,1H3,(H,16,18)(H,19,20). The lowest BCUT2D eigenvalue weighted by molar-refractivity contribution is -0.139. The van der Waals surface area contributed by atoms with Crippen molar-refractivity contribution in [2.45, 2.75) is 6.04 Å². The molecule has 1 aromatic carbocycles. The van der Waals surface area contributed by atoms with Crippen LogP contribution in [0, 0.1) is 0 Å². The predicted octanol–water partition coefficient (Wildman–Crippen LogP) is 1.63. The number of amides is 1. The Kier molecular flexibility index (Phi) is 4.05. The Labute approximate surface area is 120 Å². The van der Waals surface area contributed by atoms with Crippen molar-refractivity contribution in [2.24, 2.45) is 7.05 Å². The summed E-state index contributed by atoms with van der Waals surface area (Å²) >= 11 is 5.91. The largest absolute Gasteiger partial charge is 0.479 e. The van der Waals surface area contributed by atoms with Crippen LogP contribution in [0.25, 0.3) is 0 Å². The number of carbonyl (C=O) groups excluding carboxylic acids is 1. The van der Waals surface area contributed by atoms with Crippen molar-refractivity contribution in [3.05, 3.63) is 52.8 Å². The number of rotatable bonds is 4. The number of carboxylic acid groups (broad SMARTS) is 1. The molecular weight excluding hydrogens is 282 g/mol. The van der Waals surface area contributed by atoms with E-state index in [2.05, 4.69) is 10.4 Å². The second kappa shape index (κ2) is 5.75. The summed E-state index contributed by atoms with van der Waals surface area (Å²) in [6, 6.07) is 5.26. The van der Waals surface area contributed by atoms with Gasteiger partial charge in [-0.1, -0.05) is 23.7 Å². The fourth-order valence-electron chi connectivity index (χ4n) is 1.73. The monoisotopic (exact) mass is 293 g/mol. The van der Waals surface area contributed by atoms with E-state index in [-0.39, 0.29) is 10.6 Å². The van der Waals surface area contributed by atoms with Gasteiger partial charge in [0.25, 0.3) is 5.91 Å². The molecule has 7 heteroatoms. The number of halogens is 1. The van der Waals surface area contributed by atoms with Crippen LogP contribution in [-0.2, 0) is 11.8 Å². The molecule has 0 aliphatic carbocycles. The fraction of sp³-hybridized carbons (Fsp3) is 0.154. The average Bonchev–Trinajstić information content (AvgIpc) is 2.82. The molecule has 2 aromatic rings. The van der Waals surface area contributed by atoms with Gasteiger partial charge in [-0.2, -0.15) is 5.10 Å². The third-order valence-corrected chi connectivity index (χ3v) is 3.03. The highest BCUT2D eigenvalue weighted by Crippen LogP contribution is 2.17. The molecule has 1 atom stereocenters. The summed E-state index contributed by atoms with van der Waals surface area (Å²) in [5, 5.41) is 15.8. The van der Waals surface area contributed by atoms with E-state index in [1.165, 1.54) is 23.1 Å². The first-order valence-corrected chi connectivity index (χ1v) is 6.13. The van der Waals surface area contributed by atoms with Crippen LogP contribution in [0.5, 0.6) is 0 Å². The topological polar surface area (TPSA) is 84.2 Å². The molecule has 0 aliphatic rings. The lowest BCUT2D eigenvalue weighted by Gasteiger charge is -2.13. The van der Waals surface area contributed by atoms with Gasteiger partial charge < -0.3 is 10.4 Å². The molecule has 20 heavy (non-hydrogen) atoms. The van der Waals surface area contributed by atoms with Gasteiger partial charge in [-0.05, 0) is 12.1 Å². The van der Waals surface area contributed by atoms with Crippen LogP contribution in [0.4, 0.5) is 0 Å². The van der Waals surface area contributed by atoms with Gasteiger partial charge >= 0.3 is 5.97 Å². The minimum absolute atomic E-state index is 0.226. The molecule has 2 rings (SSSR count). The van der Waals surface area contributed by atoms with Gasteiger partial charge in [-0.25, -0.2) is 4.79 Å². The number of aryl methyl sites for hydroxylation is 1. The Morgan fingerprint density at radius 3 is 2.65 bits per heavy atom. The Morgan fingerprint density at radius 1 is 1.40 bits per heavy atom. The quantitative estimate of drug-likeness (QED) is 0.897. The second-order valence-corrected chi connectivity index (χ2v) is 4.58. The van der Waals surface area contributed by atoms with E-state index in [4.69, 9.17) is 11.6 Å². The van der Waals surface area contributed by atoms with E-state index in [0.717, 1.165) is 0 Å². The van der Waals surface area contributed by atoms with Gasteiger partial charge in [0.1, 0.15) is 0 Å². The van der Waals surface area contributed by atoms with Crippen LogP contribution in [0.15, 0.2) is 36.7 Å². The zero-order chi connectivity index (χ0) is 14.7. The van der Waals surface area contributed by atoms with E-state index in [1.807, 2.05) is 0 Å². The zero-order valence-electron chi connectivity index (χ0n) is 10.6. The van der Waals surface area contributed by atoms with E-state index >= 15 is 0 Å². The predicted molar refractivity (Wildman–Crippen MR) is 72.5 cm³/mol. The van der Waals surface area contributed by atoms with Crippen molar-refractivity contribution in [1.82, 2.24) is 15.1 Å². The molecule has 1 aromatic heterocycles. The first-order chi connectivity index (χ1) is 9.49. The highest BCUT2D eigenvalue weighted by molar-refractivity contribution is 6.33. The molecule has 1 heterocycles. The maximum absolute atomic E-state index is 12.1. The SMILES string of the molecule is Cn1cc(C(NC(=O)c2ccccc2Cl)C(=O)O)cn1. The smallest absolute Gasteiger partial charge is 0.331 e. The van der Waals surface area contributed by atoms with Crippen molar-refractivity contribution in [3.8, 4) is 0 Å². The summed E-state index contributed by atoms with van der Waals surface area (Å²) in [4.78, 5) is 23.4. The molecule has 0 bridgehead atoms. The minimum atomic E-state index is -1.17. The van der Waals surface area contributed by atoms with Crippen LogP contribution < -0.4 is 5.32 Å². The average molecular weight is 294 g/mol. The molecule has 0 spiro atoms. The summed E-state index contributed by atoms with van der Waals surface area (Å²) in [5.41, 5.74) is 0.615. The number of aromatic nitrogens is 2. The number of hydrogen-bond acceptors (Lipinski definition) is 3. The lowest BCUT2D eigenvalue weighted by atomic mass is 10.1. The third kappa shape index (κ3) is 2.97. The van der Waals surface area contributed by atoms with E-state index in [0.29, 0.717) is 5.56 Å². The molecular formula is C13H12ClN3O3. The van der Waals surface area contributed by atoms with Crippen LogP contribution in [-0.4, -0.2) is 26.8 Å². The molecule has 0 fully saturated rings. The normalized spacial score (nSPS) is 11.9. The van der Waals surface area contributed by atoms with Gasteiger partial charge in [0.2, 0.25) is 0 Å². The molecule has 0 aliphatic heterocycles. The van der Waals surface area contributed by atoms with Crippen LogP contribution in [0.2, 0.25) is 5.02 Å². The fourth-order valence-corrected chi connectivity index (χ4v) is 1.95. The van der Waals surface area contributed by atoms with E-state index in [1.54, 1.807) is 25.2 Å². The van der Waals surface area contributed by atoms with Gasteiger partial charge in [-0.15, -0.1) is 0 Å². The number of carboxylic acids is 1. The van der Waals surface area contributed by atoms with Crippen LogP contribution >= 0.6 is 11.6 Å². The number of nitrogens with zero attached hydrogens (tertiary/aromatic N) is 2. The van der Waals surface area contributed by atoms with E-state index < -0.39 is 17.9 Å². The summed E-state index contributed by atoms with van der Waals surface area (Å²) in [5.74, 6) is -1.72. The second-order valence-electron chi connectivity index (χ2n) is 4.17. The number of carbonyl (C=O) groups is 2.